The fourth-order valence-corrected chi connectivity index (χ4v) is 2.02. The lowest BCUT2D eigenvalue weighted by atomic mass is 10.3. The molecular weight excluding hydrogens is 330 g/mol. The molecule has 0 aromatic heterocycles. The van der Waals surface area contributed by atoms with E-state index in [-0.39, 0.29) is 12.5 Å². The third kappa shape index (κ3) is 4.26. The number of benzene rings is 2. The second-order valence-corrected chi connectivity index (χ2v) is 5.10. The number of nitrogens with one attached hydrogen (secondary N) is 1. The second-order valence-electron chi connectivity index (χ2n) is 3.77. The number of carbonyl (C=O) groups is 1. The Balaban J connectivity index is 1.90. The summed E-state index contributed by atoms with van der Waals surface area (Å²) in [6.45, 7) is -0.0678. The molecule has 0 radical (unpaired) electrons. The Morgan fingerprint density at radius 3 is 2.74 bits per heavy atom. The maximum atomic E-state index is 11.7. The van der Waals surface area contributed by atoms with Crippen LogP contribution in [0.25, 0.3) is 0 Å². The standard InChI is InChI=1S/C14H11BrClNO2/c15-10-4-3-5-11(8-10)19-9-14(18)17-13-7-2-1-6-12(13)16/h1-8H,9H2,(H,17,18). The molecule has 0 saturated carbocycles. The summed E-state index contributed by atoms with van der Waals surface area (Å²) in [5.41, 5.74) is 0.576. The van der Waals surface area contributed by atoms with Gasteiger partial charge in [-0.25, -0.2) is 0 Å². The number of amides is 1. The monoisotopic (exact) mass is 339 g/mol. The zero-order valence-corrected chi connectivity index (χ0v) is 12.2. The Kier molecular flexibility index (Phi) is 4.82. The van der Waals surface area contributed by atoms with E-state index in [1.807, 2.05) is 12.1 Å². The molecule has 3 nitrogen and oxygen atoms in total. The lowest BCUT2D eigenvalue weighted by Crippen LogP contribution is -2.20. The van der Waals surface area contributed by atoms with Crippen molar-refractivity contribution < 1.29 is 9.53 Å². The van der Waals surface area contributed by atoms with Crippen LogP contribution in [0.4, 0.5) is 5.69 Å². The van der Waals surface area contributed by atoms with Crippen LogP contribution in [0.2, 0.25) is 5.02 Å². The van der Waals surface area contributed by atoms with E-state index < -0.39 is 0 Å². The summed E-state index contributed by atoms with van der Waals surface area (Å²) in [4.78, 5) is 11.7. The van der Waals surface area contributed by atoms with E-state index in [1.54, 1.807) is 36.4 Å². The maximum absolute atomic E-state index is 11.7. The molecule has 98 valence electrons. The molecule has 19 heavy (non-hydrogen) atoms. The number of para-hydroxylation sites is 1. The summed E-state index contributed by atoms with van der Waals surface area (Å²) in [6.07, 6.45) is 0. The van der Waals surface area contributed by atoms with Crippen LogP contribution in [0.3, 0.4) is 0 Å². The molecule has 0 atom stereocenters. The van der Waals surface area contributed by atoms with Gasteiger partial charge in [0, 0.05) is 4.47 Å². The van der Waals surface area contributed by atoms with Gasteiger partial charge in [0.2, 0.25) is 0 Å². The topological polar surface area (TPSA) is 38.3 Å². The molecule has 2 rings (SSSR count). The molecule has 0 aliphatic carbocycles. The van der Waals surface area contributed by atoms with Crippen molar-refractivity contribution in [1.82, 2.24) is 0 Å². The largest absolute Gasteiger partial charge is 0.484 e. The fourth-order valence-electron chi connectivity index (χ4n) is 1.45. The molecule has 1 amide bonds. The molecular formula is C14H11BrClNO2. The van der Waals surface area contributed by atoms with E-state index in [9.17, 15) is 4.79 Å². The molecule has 0 aliphatic heterocycles. The summed E-state index contributed by atoms with van der Waals surface area (Å²) in [6, 6.07) is 14.4. The van der Waals surface area contributed by atoms with E-state index in [2.05, 4.69) is 21.2 Å². The normalized spacial score (nSPS) is 10.0. The van der Waals surface area contributed by atoms with Gasteiger partial charge in [-0.3, -0.25) is 4.79 Å². The Hall–Kier alpha value is -1.52. The first-order valence-corrected chi connectivity index (χ1v) is 6.75. The molecule has 0 spiro atoms. The van der Waals surface area contributed by atoms with Gasteiger partial charge in [-0.15, -0.1) is 0 Å². The van der Waals surface area contributed by atoms with E-state index in [0.29, 0.717) is 16.5 Å². The minimum absolute atomic E-state index is 0.0678. The van der Waals surface area contributed by atoms with Crippen LogP contribution in [0.5, 0.6) is 5.75 Å². The van der Waals surface area contributed by atoms with Crippen LogP contribution >= 0.6 is 27.5 Å². The average molecular weight is 341 g/mol. The van der Waals surface area contributed by atoms with E-state index in [1.165, 1.54) is 0 Å². The van der Waals surface area contributed by atoms with E-state index in [4.69, 9.17) is 16.3 Å². The smallest absolute Gasteiger partial charge is 0.262 e. The quantitative estimate of drug-likeness (QED) is 0.909. The molecule has 0 unspecified atom stereocenters. The number of halogens is 2. The maximum Gasteiger partial charge on any atom is 0.262 e. The van der Waals surface area contributed by atoms with Crippen LogP contribution in [-0.4, -0.2) is 12.5 Å². The highest BCUT2D eigenvalue weighted by Crippen LogP contribution is 2.21. The molecule has 0 saturated heterocycles. The van der Waals surface area contributed by atoms with Crippen molar-refractivity contribution in [3.8, 4) is 5.75 Å². The van der Waals surface area contributed by atoms with E-state index in [0.717, 1.165) is 4.47 Å². The number of ether oxygens (including phenoxy) is 1. The Morgan fingerprint density at radius 1 is 1.21 bits per heavy atom. The molecule has 0 heterocycles. The summed E-state index contributed by atoms with van der Waals surface area (Å²) in [5, 5.41) is 3.19. The third-order valence-electron chi connectivity index (χ3n) is 2.31. The summed E-state index contributed by atoms with van der Waals surface area (Å²) in [5.74, 6) is 0.372. The summed E-state index contributed by atoms with van der Waals surface area (Å²) < 4.78 is 6.28. The highest BCUT2D eigenvalue weighted by atomic mass is 79.9. The van der Waals surface area contributed by atoms with Crippen molar-refractivity contribution >= 4 is 39.1 Å². The predicted octanol–water partition coefficient (Wildman–Crippen LogP) is 4.12. The Bertz CT molecular complexity index is 589. The number of rotatable bonds is 4. The van der Waals surface area contributed by atoms with Gasteiger partial charge in [-0.2, -0.15) is 0 Å². The number of anilines is 1. The molecule has 5 heteroatoms. The molecule has 0 aliphatic rings. The van der Waals surface area contributed by atoms with Crippen LogP contribution in [-0.2, 0) is 4.79 Å². The van der Waals surface area contributed by atoms with Crippen molar-refractivity contribution in [2.75, 3.05) is 11.9 Å². The van der Waals surface area contributed by atoms with Gasteiger partial charge in [-0.1, -0.05) is 45.7 Å². The fraction of sp³-hybridized carbons (Fsp3) is 0.0714. The van der Waals surface area contributed by atoms with Gasteiger partial charge < -0.3 is 10.1 Å². The van der Waals surface area contributed by atoms with Gasteiger partial charge in [-0.05, 0) is 30.3 Å². The van der Waals surface area contributed by atoms with Crippen LogP contribution in [0.15, 0.2) is 53.0 Å². The SMILES string of the molecule is O=C(COc1cccc(Br)c1)Nc1ccccc1Cl. The third-order valence-corrected chi connectivity index (χ3v) is 3.14. The van der Waals surface area contributed by atoms with Crippen LogP contribution in [0.1, 0.15) is 0 Å². The molecule has 1 N–H and O–H groups in total. The van der Waals surface area contributed by atoms with Gasteiger partial charge in [0.05, 0.1) is 10.7 Å². The first kappa shape index (κ1) is 13.9. The van der Waals surface area contributed by atoms with Crippen molar-refractivity contribution in [2.24, 2.45) is 0 Å². The zero-order valence-electron chi connectivity index (χ0n) is 9.90. The first-order valence-electron chi connectivity index (χ1n) is 5.58. The lowest BCUT2D eigenvalue weighted by molar-refractivity contribution is -0.118. The van der Waals surface area contributed by atoms with Gasteiger partial charge >= 0.3 is 0 Å². The van der Waals surface area contributed by atoms with Crippen LogP contribution < -0.4 is 10.1 Å². The Morgan fingerprint density at radius 2 is 2.00 bits per heavy atom. The number of carbonyl (C=O) groups excluding carboxylic acids is 1. The molecule has 2 aromatic carbocycles. The minimum Gasteiger partial charge on any atom is -0.484 e. The lowest BCUT2D eigenvalue weighted by Gasteiger charge is -2.08. The van der Waals surface area contributed by atoms with E-state index >= 15 is 0 Å². The summed E-state index contributed by atoms with van der Waals surface area (Å²) >= 11 is 9.28. The molecule has 0 bridgehead atoms. The highest BCUT2D eigenvalue weighted by Gasteiger charge is 2.06. The van der Waals surface area contributed by atoms with Crippen LogP contribution in [0, 0.1) is 0 Å². The number of hydrogen-bond acceptors (Lipinski definition) is 2. The molecule has 2 aromatic rings. The number of hydrogen-bond donors (Lipinski definition) is 1. The average Bonchev–Trinajstić information content (AvgIpc) is 2.39. The zero-order chi connectivity index (χ0) is 13.7. The highest BCUT2D eigenvalue weighted by molar-refractivity contribution is 9.10. The molecule has 0 fully saturated rings. The van der Waals surface area contributed by atoms with Gasteiger partial charge in [0.25, 0.3) is 5.91 Å². The Labute approximate surface area is 124 Å². The second kappa shape index (κ2) is 6.59. The van der Waals surface area contributed by atoms with Gasteiger partial charge in [0.1, 0.15) is 5.75 Å². The van der Waals surface area contributed by atoms with Crippen molar-refractivity contribution in [3.63, 3.8) is 0 Å². The van der Waals surface area contributed by atoms with Crippen molar-refractivity contribution in [3.05, 3.63) is 58.0 Å². The first-order chi connectivity index (χ1) is 9.15. The predicted molar refractivity (Wildman–Crippen MR) is 79.7 cm³/mol. The van der Waals surface area contributed by atoms with Crippen molar-refractivity contribution in [1.29, 1.82) is 0 Å². The summed E-state index contributed by atoms with van der Waals surface area (Å²) in [7, 11) is 0. The van der Waals surface area contributed by atoms with Crippen molar-refractivity contribution in [2.45, 2.75) is 0 Å². The van der Waals surface area contributed by atoms with Gasteiger partial charge in [0.15, 0.2) is 6.61 Å². The minimum atomic E-state index is -0.256.